The molecule has 0 saturated carbocycles. The Labute approximate surface area is 156 Å². The molecule has 9 heteroatoms. The first kappa shape index (κ1) is 20.6. The van der Waals surface area contributed by atoms with E-state index in [2.05, 4.69) is 20.0 Å². The lowest BCUT2D eigenvalue weighted by molar-refractivity contribution is -0.154. The van der Waals surface area contributed by atoms with Crippen LogP contribution in [-0.4, -0.2) is 46.8 Å². The van der Waals surface area contributed by atoms with Gasteiger partial charge in [0.25, 0.3) is 0 Å². The van der Waals surface area contributed by atoms with Gasteiger partial charge in [0.15, 0.2) is 12.6 Å². The fourth-order valence-electron chi connectivity index (χ4n) is 2.36. The van der Waals surface area contributed by atoms with E-state index in [9.17, 15) is 13.2 Å². The van der Waals surface area contributed by atoms with Gasteiger partial charge in [0, 0.05) is 44.8 Å². The lowest BCUT2D eigenvalue weighted by atomic mass is 10.3. The van der Waals surface area contributed by atoms with Gasteiger partial charge in [0.2, 0.25) is 5.88 Å². The highest BCUT2D eigenvalue weighted by Crippen LogP contribution is 2.17. The summed E-state index contributed by atoms with van der Waals surface area (Å²) in [5, 5.41) is 3.23. The van der Waals surface area contributed by atoms with Crippen LogP contribution in [0.1, 0.15) is 18.2 Å². The van der Waals surface area contributed by atoms with Crippen molar-refractivity contribution in [3.8, 4) is 5.88 Å². The first-order valence-electron chi connectivity index (χ1n) is 8.52. The van der Waals surface area contributed by atoms with Gasteiger partial charge >= 0.3 is 6.18 Å². The summed E-state index contributed by atoms with van der Waals surface area (Å²) in [5.41, 5.74) is 1.92. The van der Waals surface area contributed by atoms with Crippen LogP contribution in [0.3, 0.4) is 0 Å². The molecule has 0 aromatic carbocycles. The minimum atomic E-state index is -4.38. The second-order valence-electron chi connectivity index (χ2n) is 6.05. The summed E-state index contributed by atoms with van der Waals surface area (Å²) in [6.45, 7) is 2.40. The van der Waals surface area contributed by atoms with Gasteiger partial charge in [0.1, 0.15) is 0 Å². The molecule has 0 bridgehead atoms. The summed E-state index contributed by atoms with van der Waals surface area (Å²) >= 11 is 0. The first-order chi connectivity index (χ1) is 12.8. The van der Waals surface area contributed by atoms with E-state index in [4.69, 9.17) is 0 Å². The van der Waals surface area contributed by atoms with E-state index >= 15 is 0 Å². The third-order valence-corrected chi connectivity index (χ3v) is 3.74. The molecule has 2 aromatic heterocycles. The van der Waals surface area contributed by atoms with Crippen molar-refractivity contribution in [3.05, 3.63) is 47.9 Å². The molecule has 0 radical (unpaired) electrons. The van der Waals surface area contributed by atoms with Gasteiger partial charge < -0.3 is 19.5 Å². The summed E-state index contributed by atoms with van der Waals surface area (Å²) in [6.07, 6.45) is -0.925. The van der Waals surface area contributed by atoms with Crippen molar-refractivity contribution < 1.29 is 17.9 Å². The van der Waals surface area contributed by atoms with E-state index in [0.29, 0.717) is 13.1 Å². The smallest absolute Gasteiger partial charge is 0.422 e. The molecule has 0 unspecified atom stereocenters. The maximum Gasteiger partial charge on any atom is 0.422 e. The fourth-order valence-corrected chi connectivity index (χ4v) is 2.36. The SMILES string of the molecule is CCNC(=NCc1ccc(OCC(F)(F)F)nc1)N(C)Cc1cccn1C. The zero-order valence-electron chi connectivity index (χ0n) is 15.6. The minimum absolute atomic E-state index is 0.0622. The number of ether oxygens (including phenoxy) is 1. The van der Waals surface area contributed by atoms with E-state index < -0.39 is 12.8 Å². The molecule has 0 saturated heterocycles. The van der Waals surface area contributed by atoms with E-state index in [1.54, 1.807) is 6.07 Å². The van der Waals surface area contributed by atoms with Crippen LogP contribution in [0.2, 0.25) is 0 Å². The van der Waals surface area contributed by atoms with Crippen molar-refractivity contribution in [1.29, 1.82) is 0 Å². The summed E-state index contributed by atoms with van der Waals surface area (Å²) in [5.74, 6) is 0.670. The molecule has 0 aliphatic heterocycles. The molecular weight excluding hydrogens is 359 g/mol. The topological polar surface area (TPSA) is 54.7 Å². The van der Waals surface area contributed by atoms with Gasteiger partial charge in [-0.3, -0.25) is 0 Å². The van der Waals surface area contributed by atoms with E-state index in [1.807, 2.05) is 48.8 Å². The largest absolute Gasteiger partial charge is 0.468 e. The number of guanidine groups is 1. The third-order valence-electron chi connectivity index (χ3n) is 3.74. The normalized spacial score (nSPS) is 12.1. The molecule has 1 N–H and O–H groups in total. The number of aromatic nitrogens is 2. The highest BCUT2D eigenvalue weighted by atomic mass is 19.4. The molecule has 6 nitrogen and oxygen atoms in total. The lowest BCUT2D eigenvalue weighted by Crippen LogP contribution is -2.38. The molecular formula is C18H24F3N5O. The number of aryl methyl sites for hydroxylation is 1. The van der Waals surface area contributed by atoms with E-state index in [1.165, 1.54) is 12.3 Å². The monoisotopic (exact) mass is 383 g/mol. The van der Waals surface area contributed by atoms with Crippen molar-refractivity contribution in [2.24, 2.45) is 12.0 Å². The number of rotatable bonds is 7. The Hall–Kier alpha value is -2.71. The molecule has 2 heterocycles. The predicted octanol–water partition coefficient (Wildman–Crippen LogP) is 2.96. The van der Waals surface area contributed by atoms with E-state index in [0.717, 1.165) is 23.8 Å². The number of nitrogens with zero attached hydrogens (tertiary/aromatic N) is 4. The average Bonchev–Trinajstić information content (AvgIpc) is 3.01. The molecule has 27 heavy (non-hydrogen) atoms. The third kappa shape index (κ3) is 6.84. The predicted molar refractivity (Wildman–Crippen MR) is 97.5 cm³/mol. The lowest BCUT2D eigenvalue weighted by Gasteiger charge is -2.22. The second-order valence-corrected chi connectivity index (χ2v) is 6.05. The number of aliphatic imine (C=N–C) groups is 1. The molecule has 0 spiro atoms. The zero-order valence-corrected chi connectivity index (χ0v) is 15.6. The molecule has 0 aliphatic carbocycles. The Morgan fingerprint density at radius 3 is 2.67 bits per heavy atom. The highest BCUT2D eigenvalue weighted by Gasteiger charge is 2.28. The van der Waals surface area contributed by atoms with Crippen molar-refractivity contribution in [2.75, 3.05) is 20.2 Å². The molecule has 0 amide bonds. The van der Waals surface area contributed by atoms with Crippen LogP contribution in [0, 0.1) is 0 Å². The van der Waals surface area contributed by atoms with Crippen LogP contribution >= 0.6 is 0 Å². The molecule has 2 aromatic rings. The summed E-state index contributed by atoms with van der Waals surface area (Å²) in [7, 11) is 3.93. The Balaban J connectivity index is 1.98. The number of pyridine rings is 1. The molecule has 0 fully saturated rings. The van der Waals surface area contributed by atoms with Crippen LogP contribution in [0.5, 0.6) is 5.88 Å². The minimum Gasteiger partial charge on any atom is -0.468 e. The van der Waals surface area contributed by atoms with Crippen molar-refractivity contribution in [2.45, 2.75) is 26.2 Å². The average molecular weight is 383 g/mol. The number of hydrogen-bond acceptors (Lipinski definition) is 3. The highest BCUT2D eigenvalue weighted by molar-refractivity contribution is 5.79. The van der Waals surface area contributed by atoms with Gasteiger partial charge in [-0.1, -0.05) is 6.07 Å². The molecule has 0 aliphatic rings. The van der Waals surface area contributed by atoms with Gasteiger partial charge in [-0.2, -0.15) is 13.2 Å². The van der Waals surface area contributed by atoms with Crippen LogP contribution in [0.4, 0.5) is 13.2 Å². The van der Waals surface area contributed by atoms with Crippen LogP contribution in [0.15, 0.2) is 41.7 Å². The number of alkyl halides is 3. The standard InChI is InChI=1S/C18H24F3N5O/c1-4-22-17(26(3)12-15-6-5-9-25(15)2)24-11-14-7-8-16(23-10-14)27-13-18(19,20)21/h5-10H,4,11-13H2,1-3H3,(H,22,24). The number of hydrogen-bond donors (Lipinski definition) is 1. The summed E-state index contributed by atoms with van der Waals surface area (Å²) in [4.78, 5) is 10.5. The molecule has 148 valence electrons. The second kappa shape index (κ2) is 9.29. The maximum absolute atomic E-state index is 12.2. The van der Waals surface area contributed by atoms with Gasteiger partial charge in [-0.05, 0) is 24.6 Å². The molecule has 0 atom stereocenters. The number of nitrogens with one attached hydrogen (secondary N) is 1. The van der Waals surface area contributed by atoms with Gasteiger partial charge in [-0.15, -0.1) is 0 Å². The van der Waals surface area contributed by atoms with Crippen molar-refractivity contribution in [3.63, 3.8) is 0 Å². The Kier molecular flexibility index (Phi) is 7.09. The summed E-state index contributed by atoms with van der Waals surface area (Å²) < 4.78 is 43.1. The van der Waals surface area contributed by atoms with E-state index in [-0.39, 0.29) is 5.88 Å². The quantitative estimate of drug-likeness (QED) is 0.590. The van der Waals surface area contributed by atoms with Crippen molar-refractivity contribution >= 4 is 5.96 Å². The zero-order chi connectivity index (χ0) is 19.9. The maximum atomic E-state index is 12.2. The molecule has 2 rings (SSSR count). The Morgan fingerprint density at radius 1 is 1.33 bits per heavy atom. The van der Waals surface area contributed by atoms with Crippen LogP contribution < -0.4 is 10.1 Å². The number of halogens is 3. The Bertz CT molecular complexity index is 740. The first-order valence-corrected chi connectivity index (χ1v) is 8.52. The van der Waals surface area contributed by atoms with Crippen molar-refractivity contribution in [1.82, 2.24) is 19.8 Å². The Morgan fingerprint density at radius 2 is 2.11 bits per heavy atom. The fraction of sp³-hybridized carbons (Fsp3) is 0.444. The van der Waals surface area contributed by atoms with Gasteiger partial charge in [-0.25, -0.2) is 9.98 Å². The van der Waals surface area contributed by atoms with Gasteiger partial charge in [0.05, 0.1) is 13.1 Å². The van der Waals surface area contributed by atoms with Crippen LogP contribution in [0.25, 0.3) is 0 Å². The summed E-state index contributed by atoms with van der Waals surface area (Å²) in [6, 6.07) is 7.10. The van der Waals surface area contributed by atoms with Crippen LogP contribution in [-0.2, 0) is 20.1 Å².